The smallest absolute Gasteiger partial charge is 0.311 e. The molecule has 3 aromatic carbocycles. The minimum Gasteiger partial charge on any atom is -0.491 e. The molecule has 9 nitrogen and oxygen atoms in total. The Morgan fingerprint density at radius 3 is 2.28 bits per heavy atom. The second kappa shape index (κ2) is 16.4. The fraction of sp³-hybridized carbons (Fsp3) is 0.324. The van der Waals surface area contributed by atoms with Crippen molar-refractivity contribution >= 4 is 23.3 Å². The Kier molecular flexibility index (Phi) is 12.0. The van der Waals surface area contributed by atoms with Gasteiger partial charge in [0.1, 0.15) is 30.0 Å². The predicted octanol–water partition coefficient (Wildman–Crippen LogP) is 4.74. The molecular weight excluding hydrogens is 550 g/mol. The van der Waals surface area contributed by atoms with Crippen molar-refractivity contribution in [3.8, 4) is 11.5 Å². The number of esters is 1. The average Bonchev–Trinajstić information content (AvgIpc) is 3.29. The molecular formula is C34H37NO8. The number of allylic oxidation sites excluding steroid dienone is 2. The number of amides is 1. The predicted molar refractivity (Wildman–Crippen MR) is 161 cm³/mol. The molecule has 4 rings (SSSR count). The molecule has 3 aromatic rings. The van der Waals surface area contributed by atoms with Crippen molar-refractivity contribution in [3.63, 3.8) is 0 Å². The van der Waals surface area contributed by atoms with Gasteiger partial charge in [-0.3, -0.25) is 14.4 Å². The summed E-state index contributed by atoms with van der Waals surface area (Å²) >= 11 is 0. The van der Waals surface area contributed by atoms with E-state index in [4.69, 9.17) is 14.2 Å². The largest absolute Gasteiger partial charge is 0.491 e. The maximum atomic E-state index is 12.4. The van der Waals surface area contributed by atoms with Crippen LogP contribution < -0.4 is 14.8 Å². The highest BCUT2D eigenvalue weighted by Crippen LogP contribution is 2.30. The van der Waals surface area contributed by atoms with E-state index < -0.39 is 24.2 Å². The normalized spacial score (nSPS) is 18.8. The standard InChI is InChI=1S/C34H37NO8/c36-26(22-41-27-13-7-4-8-14-27)23-42-33-29(30(37)21-31(33)38)15-9-1-2-10-16-32(39)43-28-19-17-25(18-20-28)35-34(40)24-11-5-3-6-12-24/h1-8,11-14,17-20,26,29,31,33,36,38H,9-10,15-16,21-23H2,(H,35,40)/b2-1+/t26?,29-,31+,33+/m0/s1. The summed E-state index contributed by atoms with van der Waals surface area (Å²) in [6.07, 6.45) is 3.02. The number of rotatable bonds is 15. The second-order valence-electron chi connectivity index (χ2n) is 10.3. The SMILES string of the molecule is O=C(CC/C=C/CC[C@H]1C(=O)C[C@@H](O)[C@@H]1OCC(O)COc1ccccc1)Oc1ccc(NC(=O)c2ccccc2)cc1. The molecule has 1 aliphatic carbocycles. The molecule has 0 bridgehead atoms. The van der Waals surface area contributed by atoms with E-state index in [9.17, 15) is 24.6 Å². The lowest BCUT2D eigenvalue weighted by Gasteiger charge is -2.23. The molecule has 0 spiro atoms. The van der Waals surface area contributed by atoms with Crippen LogP contribution >= 0.6 is 0 Å². The zero-order valence-corrected chi connectivity index (χ0v) is 23.8. The highest BCUT2D eigenvalue weighted by molar-refractivity contribution is 6.04. The fourth-order valence-corrected chi connectivity index (χ4v) is 4.75. The molecule has 0 saturated heterocycles. The zero-order valence-electron chi connectivity index (χ0n) is 23.8. The van der Waals surface area contributed by atoms with E-state index in [0.717, 1.165) is 0 Å². The Morgan fingerprint density at radius 1 is 0.884 bits per heavy atom. The highest BCUT2D eigenvalue weighted by Gasteiger charge is 2.42. The van der Waals surface area contributed by atoms with Gasteiger partial charge in [-0.05, 0) is 67.8 Å². The zero-order chi connectivity index (χ0) is 30.4. The number of benzene rings is 3. The Bertz CT molecular complexity index is 1340. The lowest BCUT2D eigenvalue weighted by molar-refractivity contribution is -0.134. The van der Waals surface area contributed by atoms with Crippen molar-refractivity contribution in [2.75, 3.05) is 18.5 Å². The number of carbonyl (C=O) groups is 3. The third-order valence-corrected chi connectivity index (χ3v) is 6.97. The molecule has 4 atom stereocenters. The number of aliphatic hydroxyl groups is 2. The van der Waals surface area contributed by atoms with Crippen LogP contribution in [0, 0.1) is 5.92 Å². The molecule has 226 valence electrons. The number of hydrogen-bond donors (Lipinski definition) is 3. The molecule has 1 unspecified atom stereocenters. The van der Waals surface area contributed by atoms with Gasteiger partial charge in [0.25, 0.3) is 5.91 Å². The van der Waals surface area contributed by atoms with Gasteiger partial charge in [0, 0.05) is 30.0 Å². The van der Waals surface area contributed by atoms with Crippen LogP contribution in [0.25, 0.3) is 0 Å². The molecule has 1 aliphatic rings. The Labute approximate surface area is 251 Å². The van der Waals surface area contributed by atoms with Gasteiger partial charge in [0.05, 0.1) is 18.8 Å². The molecule has 1 fully saturated rings. The second-order valence-corrected chi connectivity index (χ2v) is 10.3. The molecule has 1 amide bonds. The fourth-order valence-electron chi connectivity index (χ4n) is 4.75. The number of carbonyl (C=O) groups excluding carboxylic acids is 3. The summed E-state index contributed by atoms with van der Waals surface area (Å²) in [7, 11) is 0. The van der Waals surface area contributed by atoms with Gasteiger partial charge in [-0.1, -0.05) is 48.6 Å². The molecule has 9 heteroatoms. The van der Waals surface area contributed by atoms with Gasteiger partial charge in [-0.2, -0.15) is 0 Å². The van der Waals surface area contributed by atoms with Crippen molar-refractivity contribution in [2.45, 2.75) is 50.4 Å². The van der Waals surface area contributed by atoms with Crippen molar-refractivity contribution < 1.29 is 38.8 Å². The first-order valence-corrected chi connectivity index (χ1v) is 14.4. The van der Waals surface area contributed by atoms with Gasteiger partial charge < -0.3 is 29.7 Å². The van der Waals surface area contributed by atoms with Crippen LogP contribution in [0.1, 0.15) is 42.5 Å². The maximum absolute atomic E-state index is 12.4. The van der Waals surface area contributed by atoms with Gasteiger partial charge in [-0.25, -0.2) is 0 Å². The van der Waals surface area contributed by atoms with Crippen LogP contribution in [-0.4, -0.2) is 59.4 Å². The van der Waals surface area contributed by atoms with Crippen LogP contribution in [0.3, 0.4) is 0 Å². The highest BCUT2D eigenvalue weighted by atomic mass is 16.5. The van der Waals surface area contributed by atoms with Gasteiger partial charge in [-0.15, -0.1) is 0 Å². The first-order valence-electron chi connectivity index (χ1n) is 14.4. The summed E-state index contributed by atoms with van der Waals surface area (Å²) in [6.45, 7) is -0.0176. The summed E-state index contributed by atoms with van der Waals surface area (Å²) in [5.41, 5.74) is 1.14. The molecule has 0 aromatic heterocycles. The van der Waals surface area contributed by atoms with Gasteiger partial charge >= 0.3 is 5.97 Å². The Hall–Kier alpha value is -4.31. The van der Waals surface area contributed by atoms with E-state index >= 15 is 0 Å². The maximum Gasteiger partial charge on any atom is 0.311 e. The van der Waals surface area contributed by atoms with Crippen molar-refractivity contribution in [3.05, 3.63) is 103 Å². The summed E-state index contributed by atoms with van der Waals surface area (Å²) in [5.74, 6) is -0.119. The van der Waals surface area contributed by atoms with E-state index in [2.05, 4.69) is 5.32 Å². The lowest BCUT2D eigenvalue weighted by atomic mass is 9.98. The van der Waals surface area contributed by atoms with Gasteiger partial charge in [0.15, 0.2) is 0 Å². The van der Waals surface area contributed by atoms with Crippen molar-refractivity contribution in [2.24, 2.45) is 5.92 Å². The van der Waals surface area contributed by atoms with E-state index in [-0.39, 0.29) is 43.7 Å². The van der Waals surface area contributed by atoms with E-state index in [1.807, 2.05) is 36.4 Å². The third-order valence-electron chi connectivity index (χ3n) is 6.97. The summed E-state index contributed by atoms with van der Waals surface area (Å²) in [6, 6.07) is 24.6. The molecule has 1 saturated carbocycles. The number of nitrogens with one attached hydrogen (secondary N) is 1. The number of para-hydroxylation sites is 1. The first-order chi connectivity index (χ1) is 20.9. The molecule has 43 heavy (non-hydrogen) atoms. The number of ether oxygens (including phenoxy) is 3. The summed E-state index contributed by atoms with van der Waals surface area (Å²) < 4.78 is 16.7. The van der Waals surface area contributed by atoms with Gasteiger partial charge in [0.2, 0.25) is 0 Å². The lowest BCUT2D eigenvalue weighted by Crippen LogP contribution is -2.34. The summed E-state index contributed by atoms with van der Waals surface area (Å²) in [4.78, 5) is 36.9. The Morgan fingerprint density at radius 2 is 1.56 bits per heavy atom. The van der Waals surface area contributed by atoms with Crippen LogP contribution in [0.4, 0.5) is 5.69 Å². The van der Waals surface area contributed by atoms with Crippen molar-refractivity contribution in [1.29, 1.82) is 0 Å². The number of hydrogen-bond acceptors (Lipinski definition) is 8. The minimum atomic E-state index is -0.910. The van der Waals surface area contributed by atoms with Crippen LogP contribution in [0.5, 0.6) is 11.5 Å². The van der Waals surface area contributed by atoms with E-state index in [1.165, 1.54) is 0 Å². The quantitative estimate of drug-likeness (QED) is 0.132. The molecule has 0 aliphatic heterocycles. The van der Waals surface area contributed by atoms with E-state index in [1.54, 1.807) is 60.7 Å². The van der Waals surface area contributed by atoms with E-state index in [0.29, 0.717) is 42.0 Å². The number of Topliss-reactive ketones (excluding diaryl/α,β-unsaturated/α-hetero) is 1. The molecule has 3 N–H and O–H groups in total. The topological polar surface area (TPSA) is 131 Å². The van der Waals surface area contributed by atoms with Crippen molar-refractivity contribution in [1.82, 2.24) is 0 Å². The van der Waals surface area contributed by atoms with Crippen LogP contribution in [0.2, 0.25) is 0 Å². The third kappa shape index (κ3) is 10.2. The van der Waals surface area contributed by atoms with Crippen LogP contribution in [0.15, 0.2) is 97.1 Å². The molecule has 0 heterocycles. The first kappa shape index (κ1) is 31.6. The monoisotopic (exact) mass is 587 g/mol. The number of ketones is 1. The number of anilines is 1. The van der Waals surface area contributed by atoms with Crippen LogP contribution in [-0.2, 0) is 14.3 Å². The minimum absolute atomic E-state index is 0.0296. The number of aliphatic hydroxyl groups excluding tert-OH is 2. The summed E-state index contributed by atoms with van der Waals surface area (Å²) in [5, 5.41) is 23.3. The molecule has 0 radical (unpaired) electrons. The Balaban J connectivity index is 1.12. The average molecular weight is 588 g/mol.